The summed E-state index contributed by atoms with van der Waals surface area (Å²) >= 11 is 0. The Morgan fingerprint density at radius 3 is 3.08 bits per heavy atom. The number of likely N-dealkylation sites (tertiary alicyclic amines) is 1. The normalized spacial score (nSPS) is 17.9. The van der Waals surface area contributed by atoms with Crippen molar-refractivity contribution in [2.45, 2.75) is 19.4 Å². The Labute approximate surface area is 150 Å². The minimum absolute atomic E-state index is 0.00884. The third kappa shape index (κ3) is 2.99. The second kappa shape index (κ2) is 6.92. The number of carbonyl (C=O) groups is 1. The van der Waals surface area contributed by atoms with E-state index in [-0.39, 0.29) is 23.6 Å². The molecule has 0 radical (unpaired) electrons. The van der Waals surface area contributed by atoms with E-state index in [4.69, 9.17) is 4.42 Å². The SMILES string of the molecule is CNCC1CCCN(C(=O)Cn2cnc3c(oc4ccccc43)c2=O)C1. The molecule has 7 heteroatoms. The number of para-hydroxylation sites is 1. The number of nitrogens with zero attached hydrogens (tertiary/aromatic N) is 3. The van der Waals surface area contributed by atoms with Crippen LogP contribution < -0.4 is 10.9 Å². The van der Waals surface area contributed by atoms with Gasteiger partial charge >= 0.3 is 0 Å². The molecule has 136 valence electrons. The van der Waals surface area contributed by atoms with E-state index in [1.54, 1.807) is 0 Å². The molecule has 4 rings (SSSR count). The van der Waals surface area contributed by atoms with Crippen molar-refractivity contribution >= 4 is 28.0 Å². The van der Waals surface area contributed by atoms with Crippen molar-refractivity contribution in [3.8, 4) is 0 Å². The van der Waals surface area contributed by atoms with Crippen LogP contribution in [0.4, 0.5) is 0 Å². The predicted octanol–water partition coefficient (Wildman–Crippen LogP) is 1.60. The standard InChI is InChI=1S/C19H22N4O3/c1-20-9-13-5-4-8-22(10-13)16(24)11-23-12-21-17-14-6-2-3-7-15(14)26-18(17)19(23)25/h2-3,6-7,12-13,20H,4-5,8-11H2,1H3. The first-order chi connectivity index (χ1) is 12.7. The zero-order chi connectivity index (χ0) is 18.1. The fourth-order valence-corrected chi connectivity index (χ4v) is 3.72. The van der Waals surface area contributed by atoms with Gasteiger partial charge in [0, 0.05) is 18.5 Å². The second-order valence-electron chi connectivity index (χ2n) is 6.86. The van der Waals surface area contributed by atoms with E-state index in [0.29, 0.717) is 17.0 Å². The van der Waals surface area contributed by atoms with Crippen LogP contribution in [0.1, 0.15) is 12.8 Å². The van der Waals surface area contributed by atoms with Gasteiger partial charge in [-0.15, -0.1) is 0 Å². The number of furan rings is 1. The lowest BCUT2D eigenvalue weighted by Crippen LogP contribution is -2.44. The van der Waals surface area contributed by atoms with Gasteiger partial charge in [0.25, 0.3) is 5.56 Å². The summed E-state index contributed by atoms with van der Waals surface area (Å²) in [5.41, 5.74) is 1.06. The van der Waals surface area contributed by atoms with Crippen LogP contribution in [0.5, 0.6) is 0 Å². The zero-order valence-electron chi connectivity index (χ0n) is 14.8. The van der Waals surface area contributed by atoms with Gasteiger partial charge in [-0.1, -0.05) is 12.1 Å². The van der Waals surface area contributed by atoms with Gasteiger partial charge in [0.1, 0.15) is 17.6 Å². The van der Waals surface area contributed by atoms with Crippen LogP contribution in [0.3, 0.4) is 0 Å². The summed E-state index contributed by atoms with van der Waals surface area (Å²) in [5, 5.41) is 3.98. The van der Waals surface area contributed by atoms with Crippen LogP contribution in [-0.4, -0.2) is 47.0 Å². The maximum absolute atomic E-state index is 12.7. The first-order valence-electron chi connectivity index (χ1n) is 8.96. The lowest BCUT2D eigenvalue weighted by atomic mass is 9.98. The van der Waals surface area contributed by atoms with Crippen LogP contribution in [0.2, 0.25) is 0 Å². The summed E-state index contributed by atoms with van der Waals surface area (Å²) in [6.07, 6.45) is 3.56. The highest BCUT2D eigenvalue weighted by Crippen LogP contribution is 2.24. The van der Waals surface area contributed by atoms with Crippen molar-refractivity contribution in [1.29, 1.82) is 0 Å². The Kier molecular flexibility index (Phi) is 4.46. The minimum atomic E-state index is -0.316. The van der Waals surface area contributed by atoms with Gasteiger partial charge in [0.05, 0.1) is 6.33 Å². The average molecular weight is 354 g/mol. The van der Waals surface area contributed by atoms with Gasteiger partial charge in [-0.25, -0.2) is 4.98 Å². The van der Waals surface area contributed by atoms with Crippen LogP contribution in [-0.2, 0) is 11.3 Å². The van der Waals surface area contributed by atoms with E-state index in [0.717, 1.165) is 37.9 Å². The van der Waals surface area contributed by atoms with Crippen molar-refractivity contribution in [3.63, 3.8) is 0 Å². The molecule has 1 saturated heterocycles. The highest BCUT2D eigenvalue weighted by atomic mass is 16.3. The number of hydrogen-bond donors (Lipinski definition) is 1. The van der Waals surface area contributed by atoms with Gasteiger partial charge in [-0.2, -0.15) is 0 Å². The molecule has 3 heterocycles. The smallest absolute Gasteiger partial charge is 0.297 e. The molecule has 0 saturated carbocycles. The molecule has 1 fully saturated rings. The largest absolute Gasteiger partial charge is 0.448 e. The molecule has 0 spiro atoms. The maximum Gasteiger partial charge on any atom is 0.297 e. The summed E-state index contributed by atoms with van der Waals surface area (Å²) in [6.45, 7) is 2.37. The molecule has 1 aliphatic heterocycles. The molecule has 26 heavy (non-hydrogen) atoms. The number of fused-ring (bicyclic) bond motifs is 3. The summed E-state index contributed by atoms with van der Waals surface area (Å²) in [7, 11) is 1.93. The lowest BCUT2D eigenvalue weighted by molar-refractivity contribution is -0.133. The van der Waals surface area contributed by atoms with E-state index >= 15 is 0 Å². The van der Waals surface area contributed by atoms with Crippen LogP contribution in [0.15, 0.2) is 39.8 Å². The second-order valence-corrected chi connectivity index (χ2v) is 6.86. The van der Waals surface area contributed by atoms with Crippen LogP contribution in [0, 0.1) is 5.92 Å². The average Bonchev–Trinajstić information content (AvgIpc) is 3.04. The van der Waals surface area contributed by atoms with Crippen molar-refractivity contribution in [2.24, 2.45) is 5.92 Å². The number of rotatable bonds is 4. The Morgan fingerprint density at radius 1 is 1.38 bits per heavy atom. The fourth-order valence-electron chi connectivity index (χ4n) is 3.72. The van der Waals surface area contributed by atoms with Gasteiger partial charge in [0.15, 0.2) is 0 Å². The third-order valence-corrected chi connectivity index (χ3v) is 5.02. The zero-order valence-corrected chi connectivity index (χ0v) is 14.8. The van der Waals surface area contributed by atoms with E-state index in [1.165, 1.54) is 10.9 Å². The first-order valence-corrected chi connectivity index (χ1v) is 8.96. The number of nitrogens with one attached hydrogen (secondary N) is 1. The van der Waals surface area contributed by atoms with Crippen LogP contribution in [0.25, 0.3) is 22.1 Å². The Morgan fingerprint density at radius 2 is 2.23 bits per heavy atom. The van der Waals surface area contributed by atoms with Gasteiger partial charge in [-0.05, 0) is 44.5 Å². The van der Waals surface area contributed by atoms with E-state index in [2.05, 4.69) is 10.3 Å². The molecule has 2 aromatic heterocycles. The molecule has 3 aromatic rings. The molecule has 1 aromatic carbocycles. The fraction of sp³-hybridized carbons (Fsp3) is 0.421. The van der Waals surface area contributed by atoms with Crippen molar-refractivity contribution in [3.05, 3.63) is 40.9 Å². The summed E-state index contributed by atoms with van der Waals surface area (Å²) in [6, 6.07) is 7.41. The lowest BCUT2D eigenvalue weighted by Gasteiger charge is -2.32. The molecule has 1 aliphatic rings. The highest BCUT2D eigenvalue weighted by Gasteiger charge is 2.24. The third-order valence-electron chi connectivity index (χ3n) is 5.02. The maximum atomic E-state index is 12.7. The number of piperidine rings is 1. The topological polar surface area (TPSA) is 80.4 Å². The predicted molar refractivity (Wildman–Crippen MR) is 99.0 cm³/mol. The Hall–Kier alpha value is -2.67. The molecule has 1 amide bonds. The highest BCUT2D eigenvalue weighted by molar-refractivity contribution is 6.01. The van der Waals surface area contributed by atoms with Crippen molar-refractivity contribution in [2.75, 3.05) is 26.7 Å². The molecule has 1 atom stereocenters. The number of hydrogen-bond acceptors (Lipinski definition) is 5. The molecule has 7 nitrogen and oxygen atoms in total. The summed E-state index contributed by atoms with van der Waals surface area (Å²) < 4.78 is 7.01. The molecule has 0 aliphatic carbocycles. The number of carbonyl (C=O) groups excluding carboxylic acids is 1. The first kappa shape index (κ1) is 16.8. The van der Waals surface area contributed by atoms with E-state index < -0.39 is 0 Å². The minimum Gasteiger partial charge on any atom is -0.448 e. The van der Waals surface area contributed by atoms with Gasteiger partial charge < -0.3 is 14.6 Å². The number of aromatic nitrogens is 2. The summed E-state index contributed by atoms with van der Waals surface area (Å²) in [4.78, 5) is 31.6. The molecule has 0 bridgehead atoms. The van der Waals surface area contributed by atoms with Crippen molar-refractivity contribution < 1.29 is 9.21 Å². The monoisotopic (exact) mass is 354 g/mol. The number of benzene rings is 1. The molecule has 1 unspecified atom stereocenters. The van der Waals surface area contributed by atoms with E-state index in [1.807, 2.05) is 36.2 Å². The Bertz CT molecular complexity index is 1000. The Balaban J connectivity index is 1.59. The molecular formula is C19H22N4O3. The molecular weight excluding hydrogens is 332 g/mol. The van der Waals surface area contributed by atoms with E-state index in [9.17, 15) is 9.59 Å². The van der Waals surface area contributed by atoms with Gasteiger partial charge in [-0.3, -0.25) is 14.2 Å². The van der Waals surface area contributed by atoms with Gasteiger partial charge in [0.2, 0.25) is 11.5 Å². The molecule has 1 N–H and O–H groups in total. The summed E-state index contributed by atoms with van der Waals surface area (Å²) in [5.74, 6) is 0.413. The van der Waals surface area contributed by atoms with Crippen LogP contribution >= 0.6 is 0 Å². The number of amides is 1. The van der Waals surface area contributed by atoms with Crippen molar-refractivity contribution in [1.82, 2.24) is 19.8 Å². The quantitative estimate of drug-likeness (QED) is 0.770.